The van der Waals surface area contributed by atoms with Gasteiger partial charge in [-0.1, -0.05) is 24.3 Å². The van der Waals surface area contributed by atoms with E-state index in [9.17, 15) is 4.79 Å². The van der Waals surface area contributed by atoms with Crippen LogP contribution in [0, 0.1) is 0 Å². The highest BCUT2D eigenvalue weighted by atomic mass is 32.1. The first kappa shape index (κ1) is 23.7. The van der Waals surface area contributed by atoms with Crippen molar-refractivity contribution in [2.45, 2.75) is 45.2 Å². The van der Waals surface area contributed by atoms with E-state index in [0.29, 0.717) is 24.6 Å². The molecule has 0 bridgehead atoms. The number of nitrogens with one attached hydrogen (secondary N) is 1. The second-order valence-corrected chi connectivity index (χ2v) is 10.5. The standard InChI is InChI=1S/C30H31N3O3S/c1-3-36-21-16-14-20(15-17-21)28-25-11-8-18-32(25)29-23(22-9-4-7-13-27(22)37-29)19-33(28)30(34)31-24-10-5-6-12-26(24)35-2/h5-6,8,10-12,14-18,28H,3-4,7,9,13,19H2,1-2H3,(H,31,34). The molecule has 0 saturated heterocycles. The number of thiophene rings is 1. The third-order valence-corrected chi connectivity index (χ3v) is 8.63. The summed E-state index contributed by atoms with van der Waals surface area (Å²) in [5.74, 6) is 1.47. The van der Waals surface area contributed by atoms with Gasteiger partial charge in [0.25, 0.3) is 0 Å². The van der Waals surface area contributed by atoms with Crippen molar-refractivity contribution in [2.24, 2.45) is 0 Å². The zero-order chi connectivity index (χ0) is 25.4. The minimum Gasteiger partial charge on any atom is -0.495 e. The van der Waals surface area contributed by atoms with Gasteiger partial charge in [-0.15, -0.1) is 11.3 Å². The van der Waals surface area contributed by atoms with Crippen LogP contribution in [0.2, 0.25) is 0 Å². The molecular formula is C30H31N3O3S. The average molecular weight is 514 g/mol. The Labute approximate surface area is 221 Å². The minimum absolute atomic E-state index is 0.153. The van der Waals surface area contributed by atoms with Gasteiger partial charge in [0.15, 0.2) is 0 Å². The summed E-state index contributed by atoms with van der Waals surface area (Å²) in [5.41, 5.74) is 5.50. The number of para-hydroxylation sites is 2. The molecule has 2 amide bonds. The van der Waals surface area contributed by atoms with Gasteiger partial charge in [0.1, 0.15) is 16.5 Å². The minimum atomic E-state index is -0.265. The maximum atomic E-state index is 14.1. The van der Waals surface area contributed by atoms with Gasteiger partial charge < -0.3 is 24.3 Å². The van der Waals surface area contributed by atoms with E-state index in [1.807, 2.05) is 59.6 Å². The molecule has 1 atom stereocenters. The van der Waals surface area contributed by atoms with E-state index in [4.69, 9.17) is 9.47 Å². The maximum Gasteiger partial charge on any atom is 0.323 e. The lowest BCUT2D eigenvalue weighted by Gasteiger charge is -2.31. The number of carbonyl (C=O) groups is 1. The molecule has 1 aliphatic carbocycles. The van der Waals surface area contributed by atoms with E-state index in [-0.39, 0.29) is 12.1 Å². The molecule has 2 aromatic heterocycles. The van der Waals surface area contributed by atoms with Crippen molar-refractivity contribution in [1.82, 2.24) is 9.47 Å². The molecule has 190 valence electrons. The van der Waals surface area contributed by atoms with E-state index in [0.717, 1.165) is 29.8 Å². The lowest BCUT2D eigenvalue weighted by Crippen LogP contribution is -2.38. The first-order valence-electron chi connectivity index (χ1n) is 12.9. The first-order chi connectivity index (χ1) is 18.2. The quantitative estimate of drug-likeness (QED) is 0.314. The molecule has 37 heavy (non-hydrogen) atoms. The van der Waals surface area contributed by atoms with E-state index < -0.39 is 0 Å². The number of benzene rings is 2. The number of nitrogens with zero attached hydrogens (tertiary/aromatic N) is 2. The smallest absolute Gasteiger partial charge is 0.323 e. The van der Waals surface area contributed by atoms with Gasteiger partial charge in [-0.3, -0.25) is 0 Å². The van der Waals surface area contributed by atoms with E-state index in [1.165, 1.54) is 33.8 Å². The summed E-state index contributed by atoms with van der Waals surface area (Å²) < 4.78 is 13.5. The number of methoxy groups -OCH3 is 1. The lowest BCUT2D eigenvalue weighted by molar-refractivity contribution is 0.194. The summed E-state index contributed by atoms with van der Waals surface area (Å²) in [5, 5.41) is 4.39. The van der Waals surface area contributed by atoms with Crippen LogP contribution < -0.4 is 14.8 Å². The van der Waals surface area contributed by atoms with Crippen LogP contribution in [0.1, 0.15) is 53.1 Å². The molecular weight excluding hydrogens is 482 g/mol. The van der Waals surface area contributed by atoms with Gasteiger partial charge >= 0.3 is 6.03 Å². The summed E-state index contributed by atoms with van der Waals surface area (Å²) in [6.45, 7) is 3.14. The Kier molecular flexibility index (Phi) is 6.38. The maximum absolute atomic E-state index is 14.1. The third-order valence-electron chi connectivity index (χ3n) is 7.30. The fourth-order valence-electron chi connectivity index (χ4n) is 5.59. The van der Waals surface area contributed by atoms with Gasteiger partial charge in [0, 0.05) is 16.6 Å². The number of carbonyl (C=O) groups excluding carboxylic acids is 1. The fraction of sp³-hybridized carbons (Fsp3) is 0.300. The van der Waals surface area contributed by atoms with E-state index in [1.54, 1.807) is 7.11 Å². The molecule has 0 spiro atoms. The summed E-state index contributed by atoms with van der Waals surface area (Å²) >= 11 is 1.89. The Hall–Kier alpha value is -3.71. The Balaban J connectivity index is 1.47. The van der Waals surface area contributed by atoms with Gasteiger partial charge in [-0.2, -0.15) is 0 Å². The molecule has 1 N–H and O–H groups in total. The molecule has 6 nitrogen and oxygen atoms in total. The van der Waals surface area contributed by atoms with Crippen LogP contribution in [-0.4, -0.2) is 29.2 Å². The molecule has 1 aliphatic heterocycles. The van der Waals surface area contributed by atoms with Crippen molar-refractivity contribution >= 4 is 23.1 Å². The fourth-order valence-corrected chi connectivity index (χ4v) is 6.99. The highest BCUT2D eigenvalue weighted by molar-refractivity contribution is 7.15. The van der Waals surface area contributed by atoms with Gasteiger partial charge in [-0.25, -0.2) is 4.79 Å². The molecule has 7 heteroatoms. The number of fused-ring (bicyclic) bond motifs is 5. The zero-order valence-corrected chi connectivity index (χ0v) is 22.0. The molecule has 2 aromatic carbocycles. The van der Waals surface area contributed by atoms with E-state index >= 15 is 0 Å². The molecule has 0 saturated carbocycles. The highest BCUT2D eigenvalue weighted by Crippen LogP contribution is 2.44. The SMILES string of the molecule is CCOc1ccc(C2c3cccn3-c3sc4c(c3CN2C(=O)Nc2ccccc2OC)CCCC4)cc1. The van der Waals surface area contributed by atoms with Crippen LogP contribution in [0.5, 0.6) is 11.5 Å². The van der Waals surface area contributed by atoms with Crippen LogP contribution in [0.3, 0.4) is 0 Å². The molecule has 0 fully saturated rings. The predicted molar refractivity (Wildman–Crippen MR) is 147 cm³/mol. The second kappa shape index (κ2) is 9.98. The van der Waals surface area contributed by atoms with Crippen molar-refractivity contribution in [2.75, 3.05) is 19.0 Å². The number of amides is 2. The molecule has 1 unspecified atom stereocenters. The number of hydrogen-bond acceptors (Lipinski definition) is 4. The molecule has 0 radical (unpaired) electrons. The third kappa shape index (κ3) is 4.27. The van der Waals surface area contributed by atoms with Crippen molar-refractivity contribution in [3.63, 3.8) is 0 Å². The Morgan fingerprint density at radius 1 is 1.03 bits per heavy atom. The lowest BCUT2D eigenvalue weighted by atomic mass is 9.95. The highest BCUT2D eigenvalue weighted by Gasteiger charge is 2.36. The topological polar surface area (TPSA) is 55.7 Å². The van der Waals surface area contributed by atoms with Crippen LogP contribution >= 0.6 is 11.3 Å². The molecule has 3 heterocycles. The van der Waals surface area contributed by atoms with Gasteiger partial charge in [0.05, 0.1) is 37.7 Å². The van der Waals surface area contributed by atoms with Crippen molar-refractivity contribution in [1.29, 1.82) is 0 Å². The normalized spacial score (nSPS) is 16.3. The summed E-state index contributed by atoms with van der Waals surface area (Å²) in [6, 6.07) is 19.5. The monoisotopic (exact) mass is 513 g/mol. The number of anilines is 1. The first-order valence-corrected chi connectivity index (χ1v) is 13.7. The van der Waals surface area contributed by atoms with Crippen LogP contribution in [0.25, 0.3) is 5.00 Å². The number of aryl methyl sites for hydroxylation is 1. The summed E-state index contributed by atoms with van der Waals surface area (Å²) in [6.07, 6.45) is 6.77. The average Bonchev–Trinajstić information content (AvgIpc) is 3.52. The molecule has 2 aliphatic rings. The second-order valence-electron chi connectivity index (χ2n) is 9.46. The van der Waals surface area contributed by atoms with Gasteiger partial charge in [0.2, 0.25) is 0 Å². The van der Waals surface area contributed by atoms with Crippen molar-refractivity contribution < 1.29 is 14.3 Å². The Morgan fingerprint density at radius 2 is 1.84 bits per heavy atom. The number of rotatable bonds is 5. The number of ether oxygens (including phenoxy) is 2. The summed E-state index contributed by atoms with van der Waals surface area (Å²) in [4.78, 5) is 17.5. The summed E-state index contributed by atoms with van der Waals surface area (Å²) in [7, 11) is 1.62. The van der Waals surface area contributed by atoms with Crippen molar-refractivity contribution in [3.8, 4) is 16.5 Å². The number of aromatic nitrogens is 1. The predicted octanol–water partition coefficient (Wildman–Crippen LogP) is 6.96. The number of hydrogen-bond donors (Lipinski definition) is 1. The van der Waals surface area contributed by atoms with Crippen molar-refractivity contribution in [3.05, 3.63) is 94.1 Å². The van der Waals surface area contributed by atoms with E-state index in [2.05, 4.69) is 40.3 Å². The molecule has 6 rings (SSSR count). The Bertz CT molecular complexity index is 1420. The van der Waals surface area contributed by atoms with Crippen LogP contribution in [-0.2, 0) is 19.4 Å². The number of urea groups is 1. The van der Waals surface area contributed by atoms with Crippen LogP contribution in [0.15, 0.2) is 66.9 Å². The Morgan fingerprint density at radius 3 is 2.65 bits per heavy atom. The van der Waals surface area contributed by atoms with Crippen LogP contribution in [0.4, 0.5) is 10.5 Å². The molecule has 4 aromatic rings. The van der Waals surface area contributed by atoms with Gasteiger partial charge in [-0.05, 0) is 80.1 Å². The zero-order valence-electron chi connectivity index (χ0n) is 21.2. The largest absolute Gasteiger partial charge is 0.495 e.